The maximum absolute atomic E-state index is 12.9. The SMILES string of the molecule is CC(C)N1CCCC(CNC(=O)c2cnc3sc(Cc4ccccc4)cn3c2=O)C1. The molecule has 4 rings (SSSR count). The molecule has 1 aromatic carbocycles. The quantitative estimate of drug-likeness (QED) is 0.660. The molecule has 0 spiro atoms. The molecule has 1 fully saturated rings. The van der Waals surface area contributed by atoms with Crippen molar-refractivity contribution in [1.29, 1.82) is 0 Å². The van der Waals surface area contributed by atoms with Crippen LogP contribution in [0.3, 0.4) is 0 Å². The Kier molecular flexibility index (Phi) is 6.29. The maximum atomic E-state index is 12.9. The highest BCUT2D eigenvalue weighted by Gasteiger charge is 2.23. The van der Waals surface area contributed by atoms with E-state index in [1.807, 2.05) is 18.2 Å². The van der Waals surface area contributed by atoms with Crippen molar-refractivity contribution in [2.24, 2.45) is 5.92 Å². The number of aromatic nitrogens is 2. The Hall–Kier alpha value is -2.51. The third kappa shape index (κ3) is 4.63. The number of amides is 1. The fraction of sp³-hybridized carbons (Fsp3) is 0.435. The first-order valence-electron chi connectivity index (χ1n) is 10.6. The van der Waals surface area contributed by atoms with Gasteiger partial charge < -0.3 is 10.2 Å². The summed E-state index contributed by atoms with van der Waals surface area (Å²) in [5.41, 5.74) is 0.978. The van der Waals surface area contributed by atoms with Crippen LogP contribution in [0.1, 0.15) is 47.5 Å². The molecule has 7 heteroatoms. The first-order valence-corrected chi connectivity index (χ1v) is 11.4. The lowest BCUT2D eigenvalue weighted by atomic mass is 9.97. The maximum Gasteiger partial charge on any atom is 0.271 e. The smallest absolute Gasteiger partial charge is 0.271 e. The molecule has 1 saturated heterocycles. The summed E-state index contributed by atoms with van der Waals surface area (Å²) in [6.07, 6.45) is 6.21. The van der Waals surface area contributed by atoms with Gasteiger partial charge in [0.2, 0.25) is 0 Å². The normalized spacial score (nSPS) is 17.5. The molecule has 1 amide bonds. The Labute approximate surface area is 180 Å². The molecule has 1 aliphatic heterocycles. The van der Waals surface area contributed by atoms with E-state index >= 15 is 0 Å². The van der Waals surface area contributed by atoms with Crippen LogP contribution in [0.5, 0.6) is 0 Å². The van der Waals surface area contributed by atoms with Gasteiger partial charge in [-0.05, 0) is 44.7 Å². The Morgan fingerprint density at radius 3 is 2.87 bits per heavy atom. The Morgan fingerprint density at radius 1 is 1.30 bits per heavy atom. The van der Waals surface area contributed by atoms with Gasteiger partial charge in [-0.1, -0.05) is 30.3 Å². The van der Waals surface area contributed by atoms with Crippen molar-refractivity contribution in [3.63, 3.8) is 0 Å². The summed E-state index contributed by atoms with van der Waals surface area (Å²) in [5, 5.41) is 2.96. The van der Waals surface area contributed by atoms with Crippen molar-refractivity contribution in [3.05, 3.63) is 69.1 Å². The zero-order valence-electron chi connectivity index (χ0n) is 17.5. The predicted octanol–water partition coefficient (Wildman–Crippen LogP) is 3.20. The van der Waals surface area contributed by atoms with Gasteiger partial charge in [-0.2, -0.15) is 0 Å². The molecule has 6 nitrogen and oxygen atoms in total. The second kappa shape index (κ2) is 9.10. The van der Waals surface area contributed by atoms with Crippen molar-refractivity contribution in [1.82, 2.24) is 19.6 Å². The number of benzene rings is 1. The van der Waals surface area contributed by atoms with E-state index in [9.17, 15) is 9.59 Å². The van der Waals surface area contributed by atoms with Gasteiger partial charge in [0.1, 0.15) is 5.56 Å². The summed E-state index contributed by atoms with van der Waals surface area (Å²) in [4.78, 5) is 34.0. The zero-order valence-corrected chi connectivity index (χ0v) is 18.3. The van der Waals surface area contributed by atoms with Gasteiger partial charge in [0, 0.05) is 42.8 Å². The number of carbonyl (C=O) groups is 1. The lowest BCUT2D eigenvalue weighted by Crippen LogP contribution is -2.44. The standard InChI is InChI=1S/C23H28N4O2S/c1-16(2)26-10-6-9-18(14-26)12-24-21(28)20-13-25-23-27(22(20)29)15-19(30-23)11-17-7-4-3-5-8-17/h3-5,7-8,13,15-16,18H,6,9-12,14H2,1-2H3,(H,24,28). The summed E-state index contributed by atoms with van der Waals surface area (Å²) in [6, 6.07) is 10.6. The molecule has 30 heavy (non-hydrogen) atoms. The molecule has 2 aromatic heterocycles. The summed E-state index contributed by atoms with van der Waals surface area (Å²) < 4.78 is 1.50. The second-order valence-corrected chi connectivity index (χ2v) is 9.39. The first-order chi connectivity index (χ1) is 14.5. The van der Waals surface area contributed by atoms with E-state index in [1.165, 1.54) is 27.5 Å². The van der Waals surface area contributed by atoms with Gasteiger partial charge >= 0.3 is 0 Å². The van der Waals surface area contributed by atoms with Crippen LogP contribution in [0, 0.1) is 5.92 Å². The van der Waals surface area contributed by atoms with Gasteiger partial charge in [0.05, 0.1) is 0 Å². The second-order valence-electron chi connectivity index (χ2n) is 8.30. The number of rotatable bonds is 6. The largest absolute Gasteiger partial charge is 0.351 e. The molecule has 0 bridgehead atoms. The van der Waals surface area contributed by atoms with Crippen LogP contribution < -0.4 is 10.9 Å². The number of carbonyl (C=O) groups excluding carboxylic acids is 1. The van der Waals surface area contributed by atoms with Gasteiger partial charge in [-0.25, -0.2) is 4.98 Å². The average Bonchev–Trinajstić information content (AvgIpc) is 3.16. The minimum Gasteiger partial charge on any atom is -0.351 e. The molecule has 1 N–H and O–H groups in total. The minimum absolute atomic E-state index is 0.105. The topological polar surface area (TPSA) is 66.7 Å². The van der Waals surface area contributed by atoms with Crippen LogP contribution in [0.2, 0.25) is 0 Å². The Bertz CT molecular complexity index is 1070. The molecule has 0 radical (unpaired) electrons. The van der Waals surface area contributed by atoms with E-state index in [0.717, 1.165) is 37.2 Å². The summed E-state index contributed by atoms with van der Waals surface area (Å²) in [7, 11) is 0. The lowest BCUT2D eigenvalue weighted by molar-refractivity contribution is 0.0920. The zero-order chi connectivity index (χ0) is 21.1. The number of thiazole rings is 1. The van der Waals surface area contributed by atoms with E-state index in [2.05, 4.69) is 41.2 Å². The van der Waals surface area contributed by atoms with E-state index in [4.69, 9.17) is 0 Å². The van der Waals surface area contributed by atoms with E-state index in [-0.39, 0.29) is 17.0 Å². The Balaban J connectivity index is 1.45. The molecule has 3 aromatic rings. The highest BCUT2D eigenvalue weighted by Crippen LogP contribution is 2.19. The molecule has 0 aliphatic carbocycles. The Morgan fingerprint density at radius 2 is 2.10 bits per heavy atom. The fourth-order valence-corrected chi connectivity index (χ4v) is 5.00. The number of nitrogens with one attached hydrogen (secondary N) is 1. The van der Waals surface area contributed by atoms with Crippen molar-refractivity contribution in [2.45, 2.75) is 39.2 Å². The summed E-state index contributed by atoms with van der Waals surface area (Å²) in [5.74, 6) is 0.0857. The summed E-state index contributed by atoms with van der Waals surface area (Å²) >= 11 is 1.48. The molecule has 1 unspecified atom stereocenters. The number of nitrogens with zero attached hydrogens (tertiary/aromatic N) is 3. The number of hydrogen-bond acceptors (Lipinski definition) is 5. The van der Waals surface area contributed by atoms with Crippen LogP contribution in [-0.4, -0.2) is 45.9 Å². The van der Waals surface area contributed by atoms with Gasteiger partial charge in [0.15, 0.2) is 4.96 Å². The third-order valence-corrected chi connectivity index (χ3v) is 6.75. The number of fused-ring (bicyclic) bond motifs is 1. The number of hydrogen-bond donors (Lipinski definition) is 1. The van der Waals surface area contributed by atoms with E-state index in [0.29, 0.717) is 23.5 Å². The fourth-order valence-electron chi connectivity index (χ4n) is 4.03. The number of piperidine rings is 1. The molecule has 158 valence electrons. The molecule has 1 atom stereocenters. The van der Waals surface area contributed by atoms with Gasteiger partial charge in [-0.15, -0.1) is 11.3 Å². The van der Waals surface area contributed by atoms with Crippen LogP contribution in [-0.2, 0) is 6.42 Å². The average molecular weight is 425 g/mol. The molecule has 1 aliphatic rings. The minimum atomic E-state index is -0.334. The molecular weight excluding hydrogens is 396 g/mol. The first kappa shape index (κ1) is 20.8. The van der Waals surface area contributed by atoms with Gasteiger partial charge in [0.25, 0.3) is 11.5 Å². The van der Waals surface area contributed by atoms with Crippen LogP contribution in [0.15, 0.2) is 47.5 Å². The van der Waals surface area contributed by atoms with E-state index < -0.39 is 0 Å². The summed E-state index contributed by atoms with van der Waals surface area (Å²) in [6.45, 7) is 7.10. The number of likely N-dealkylation sites (tertiary alicyclic amines) is 1. The van der Waals surface area contributed by atoms with E-state index in [1.54, 1.807) is 6.20 Å². The molecule has 0 saturated carbocycles. The predicted molar refractivity (Wildman–Crippen MR) is 120 cm³/mol. The monoisotopic (exact) mass is 424 g/mol. The van der Waals surface area contributed by atoms with Crippen LogP contribution >= 0.6 is 11.3 Å². The van der Waals surface area contributed by atoms with Crippen molar-refractivity contribution in [2.75, 3.05) is 19.6 Å². The van der Waals surface area contributed by atoms with Crippen LogP contribution in [0.4, 0.5) is 0 Å². The highest BCUT2D eigenvalue weighted by atomic mass is 32.1. The van der Waals surface area contributed by atoms with Crippen LogP contribution in [0.25, 0.3) is 4.96 Å². The van der Waals surface area contributed by atoms with Gasteiger partial charge in [-0.3, -0.25) is 14.0 Å². The highest BCUT2D eigenvalue weighted by molar-refractivity contribution is 7.17. The molecular formula is C23H28N4O2S. The third-order valence-electron chi connectivity index (χ3n) is 5.75. The van der Waals surface area contributed by atoms with Crippen molar-refractivity contribution >= 4 is 22.2 Å². The van der Waals surface area contributed by atoms with Crippen molar-refractivity contribution in [3.8, 4) is 0 Å². The lowest BCUT2D eigenvalue weighted by Gasteiger charge is -2.35. The molecule has 3 heterocycles. The van der Waals surface area contributed by atoms with Crippen molar-refractivity contribution < 1.29 is 4.79 Å².